The third-order valence-electron chi connectivity index (χ3n) is 3.05. The van der Waals surface area contributed by atoms with Gasteiger partial charge in [0.1, 0.15) is 11.5 Å². The van der Waals surface area contributed by atoms with Gasteiger partial charge in [0.2, 0.25) is 0 Å². The lowest BCUT2D eigenvalue weighted by atomic mass is 10.2. The Labute approximate surface area is 145 Å². The van der Waals surface area contributed by atoms with E-state index in [2.05, 4.69) is 15.0 Å². The maximum atomic E-state index is 12.2. The first-order valence-corrected chi connectivity index (χ1v) is 7.80. The smallest absolute Gasteiger partial charge is 0.387 e. The maximum Gasteiger partial charge on any atom is 0.387 e. The minimum absolute atomic E-state index is 0.0926. The summed E-state index contributed by atoms with van der Waals surface area (Å²) in [6, 6.07) is 13.7. The Bertz CT molecular complexity index is 704. The molecular formula is C18H21F2N3O2. The van der Waals surface area contributed by atoms with Crippen molar-refractivity contribution in [2.75, 3.05) is 5.32 Å². The molecule has 0 unspecified atom stereocenters. The number of hydrogen-bond acceptors (Lipinski definition) is 3. The van der Waals surface area contributed by atoms with Crippen molar-refractivity contribution < 1.29 is 18.3 Å². The molecule has 0 aliphatic rings. The molecule has 0 spiro atoms. The largest absolute Gasteiger partial charge is 0.491 e. The average Bonchev–Trinajstić information content (AvgIpc) is 2.54. The highest BCUT2D eigenvalue weighted by atomic mass is 19.3. The first kappa shape index (κ1) is 18.5. The van der Waals surface area contributed by atoms with Gasteiger partial charge in [0.05, 0.1) is 12.6 Å². The molecule has 0 amide bonds. The number of ether oxygens (including phenoxy) is 2. The number of guanidine groups is 1. The number of benzene rings is 2. The van der Waals surface area contributed by atoms with Gasteiger partial charge in [0, 0.05) is 5.69 Å². The second-order valence-corrected chi connectivity index (χ2v) is 5.54. The number of nitrogens with two attached hydrogens (primary N) is 1. The van der Waals surface area contributed by atoms with Crippen molar-refractivity contribution in [2.45, 2.75) is 33.1 Å². The van der Waals surface area contributed by atoms with E-state index in [4.69, 9.17) is 10.5 Å². The lowest BCUT2D eigenvalue weighted by molar-refractivity contribution is -0.0498. The number of hydrogen-bond donors (Lipinski definition) is 2. The van der Waals surface area contributed by atoms with Gasteiger partial charge >= 0.3 is 6.61 Å². The van der Waals surface area contributed by atoms with Crippen molar-refractivity contribution in [3.8, 4) is 11.5 Å². The van der Waals surface area contributed by atoms with Crippen LogP contribution in [0.1, 0.15) is 19.4 Å². The third-order valence-corrected chi connectivity index (χ3v) is 3.05. The fraction of sp³-hybridized carbons (Fsp3) is 0.278. The summed E-state index contributed by atoms with van der Waals surface area (Å²) in [5.41, 5.74) is 7.33. The zero-order valence-corrected chi connectivity index (χ0v) is 14.1. The van der Waals surface area contributed by atoms with Crippen LogP contribution in [0.15, 0.2) is 53.5 Å². The first-order chi connectivity index (χ1) is 11.9. The van der Waals surface area contributed by atoms with Crippen LogP contribution in [0.5, 0.6) is 11.5 Å². The third kappa shape index (κ3) is 6.66. The highest BCUT2D eigenvalue weighted by Crippen LogP contribution is 2.18. The Kier molecular flexibility index (Phi) is 6.56. The lowest BCUT2D eigenvalue weighted by Crippen LogP contribution is -2.22. The molecule has 7 heteroatoms. The van der Waals surface area contributed by atoms with E-state index in [1.807, 2.05) is 38.1 Å². The van der Waals surface area contributed by atoms with E-state index in [-0.39, 0.29) is 24.4 Å². The molecule has 0 saturated heterocycles. The van der Waals surface area contributed by atoms with Crippen molar-refractivity contribution in [1.29, 1.82) is 0 Å². The summed E-state index contributed by atoms with van der Waals surface area (Å²) in [4.78, 5) is 4.19. The molecule has 3 N–H and O–H groups in total. The minimum atomic E-state index is -2.85. The van der Waals surface area contributed by atoms with Crippen LogP contribution in [0, 0.1) is 0 Å². The van der Waals surface area contributed by atoms with Crippen molar-refractivity contribution in [1.82, 2.24) is 0 Å². The molecule has 2 rings (SSSR count). The summed E-state index contributed by atoms with van der Waals surface area (Å²) in [5.74, 6) is 1.08. The molecule has 0 fully saturated rings. The number of aliphatic imine (C=N–C) groups is 1. The average molecular weight is 349 g/mol. The molecule has 0 aromatic heterocycles. The molecule has 2 aromatic rings. The molecule has 2 aromatic carbocycles. The van der Waals surface area contributed by atoms with Crippen molar-refractivity contribution >= 4 is 11.6 Å². The van der Waals surface area contributed by atoms with E-state index in [0.29, 0.717) is 5.56 Å². The van der Waals surface area contributed by atoms with E-state index in [9.17, 15) is 8.78 Å². The quantitative estimate of drug-likeness (QED) is 0.585. The summed E-state index contributed by atoms with van der Waals surface area (Å²) < 4.78 is 34.4. The van der Waals surface area contributed by atoms with Crippen LogP contribution >= 0.6 is 0 Å². The van der Waals surface area contributed by atoms with Crippen LogP contribution in [-0.2, 0) is 6.54 Å². The number of nitrogens with zero attached hydrogens (tertiary/aromatic N) is 1. The molecule has 25 heavy (non-hydrogen) atoms. The fourth-order valence-corrected chi connectivity index (χ4v) is 2.07. The van der Waals surface area contributed by atoms with Gasteiger partial charge < -0.3 is 20.5 Å². The Hall–Kier alpha value is -2.83. The molecular weight excluding hydrogens is 328 g/mol. The van der Waals surface area contributed by atoms with Crippen molar-refractivity contribution in [2.24, 2.45) is 10.7 Å². The van der Waals surface area contributed by atoms with Crippen LogP contribution in [-0.4, -0.2) is 18.7 Å². The standard InChI is InChI=1S/C18H21F2N3O2/c1-12(2)24-15-8-6-14(7-9-15)23-18(21)22-11-13-4-3-5-16(10-13)25-17(19)20/h3-10,12,17H,11H2,1-2H3,(H3,21,22,23). The zero-order chi connectivity index (χ0) is 18.2. The minimum Gasteiger partial charge on any atom is -0.491 e. The Morgan fingerprint density at radius 2 is 1.80 bits per heavy atom. The van der Waals surface area contributed by atoms with E-state index >= 15 is 0 Å². The van der Waals surface area contributed by atoms with Gasteiger partial charge in [-0.3, -0.25) is 0 Å². The summed E-state index contributed by atoms with van der Waals surface area (Å²) in [5, 5.41) is 2.96. The first-order valence-electron chi connectivity index (χ1n) is 7.80. The molecule has 0 radical (unpaired) electrons. The topological polar surface area (TPSA) is 68.9 Å². The number of rotatable bonds is 7. The molecule has 0 aliphatic carbocycles. The van der Waals surface area contributed by atoms with Gasteiger partial charge in [-0.25, -0.2) is 4.99 Å². The number of nitrogens with one attached hydrogen (secondary N) is 1. The highest BCUT2D eigenvalue weighted by molar-refractivity contribution is 5.92. The summed E-state index contributed by atoms with van der Waals surface area (Å²) in [7, 11) is 0. The molecule has 0 bridgehead atoms. The summed E-state index contributed by atoms with van der Waals surface area (Å²) in [6.45, 7) is 1.30. The molecule has 0 atom stereocenters. The SMILES string of the molecule is CC(C)Oc1ccc(NC(N)=NCc2cccc(OC(F)F)c2)cc1. The number of anilines is 1. The van der Waals surface area contributed by atoms with Crippen molar-refractivity contribution in [3.05, 3.63) is 54.1 Å². The second-order valence-electron chi connectivity index (χ2n) is 5.54. The molecule has 0 saturated carbocycles. The van der Waals surface area contributed by atoms with E-state index < -0.39 is 6.61 Å². The van der Waals surface area contributed by atoms with Gasteiger partial charge in [-0.05, 0) is 55.8 Å². The molecule has 134 valence electrons. The molecule has 0 heterocycles. The van der Waals surface area contributed by atoms with Crippen LogP contribution in [0.25, 0.3) is 0 Å². The number of alkyl halides is 2. The van der Waals surface area contributed by atoms with Crippen LogP contribution in [0.3, 0.4) is 0 Å². The van der Waals surface area contributed by atoms with Gasteiger partial charge in [-0.2, -0.15) is 8.78 Å². The Morgan fingerprint density at radius 1 is 1.08 bits per heavy atom. The maximum absolute atomic E-state index is 12.2. The van der Waals surface area contributed by atoms with Gasteiger partial charge in [-0.1, -0.05) is 12.1 Å². The van der Waals surface area contributed by atoms with Crippen molar-refractivity contribution in [3.63, 3.8) is 0 Å². The monoisotopic (exact) mass is 349 g/mol. The number of halogens is 2. The summed E-state index contributed by atoms with van der Waals surface area (Å²) in [6.07, 6.45) is 0.107. The van der Waals surface area contributed by atoms with Gasteiger partial charge in [0.15, 0.2) is 5.96 Å². The predicted molar refractivity (Wildman–Crippen MR) is 94.2 cm³/mol. The van der Waals surface area contributed by atoms with E-state index in [0.717, 1.165) is 11.4 Å². The Balaban J connectivity index is 1.93. The highest BCUT2D eigenvalue weighted by Gasteiger charge is 2.04. The van der Waals surface area contributed by atoms with Gasteiger partial charge in [-0.15, -0.1) is 0 Å². The van der Waals surface area contributed by atoms with E-state index in [1.165, 1.54) is 12.1 Å². The zero-order valence-electron chi connectivity index (χ0n) is 14.1. The summed E-state index contributed by atoms with van der Waals surface area (Å²) >= 11 is 0. The predicted octanol–water partition coefficient (Wildman–Crippen LogP) is 4.00. The Morgan fingerprint density at radius 3 is 2.44 bits per heavy atom. The second kappa shape index (κ2) is 8.86. The normalized spacial score (nSPS) is 11.7. The van der Waals surface area contributed by atoms with Crippen LogP contribution in [0.2, 0.25) is 0 Å². The van der Waals surface area contributed by atoms with Crippen LogP contribution in [0.4, 0.5) is 14.5 Å². The van der Waals surface area contributed by atoms with Gasteiger partial charge in [0.25, 0.3) is 0 Å². The van der Waals surface area contributed by atoms with Crippen LogP contribution < -0.4 is 20.5 Å². The fourth-order valence-electron chi connectivity index (χ4n) is 2.07. The molecule has 0 aliphatic heterocycles. The molecule has 5 nitrogen and oxygen atoms in total. The van der Waals surface area contributed by atoms with E-state index in [1.54, 1.807) is 12.1 Å². The lowest BCUT2D eigenvalue weighted by Gasteiger charge is -2.11.